The average molecular weight is 403 g/mol. The van der Waals surface area contributed by atoms with E-state index in [1.165, 1.54) is 4.31 Å². The van der Waals surface area contributed by atoms with Crippen LogP contribution in [0, 0.1) is 19.8 Å². The van der Waals surface area contributed by atoms with Gasteiger partial charge in [0.2, 0.25) is 15.9 Å². The molecule has 1 atom stereocenters. The van der Waals surface area contributed by atoms with E-state index in [1.54, 1.807) is 25.3 Å². The van der Waals surface area contributed by atoms with E-state index >= 15 is 0 Å². The predicted octanol–water partition coefficient (Wildman–Crippen LogP) is 3.35. The summed E-state index contributed by atoms with van der Waals surface area (Å²) in [5, 5.41) is 2.91. The molecule has 1 heterocycles. The van der Waals surface area contributed by atoms with E-state index in [4.69, 9.17) is 4.74 Å². The zero-order valence-electron chi connectivity index (χ0n) is 16.4. The fourth-order valence-electron chi connectivity index (χ4n) is 3.50. The van der Waals surface area contributed by atoms with Gasteiger partial charge >= 0.3 is 0 Å². The number of hydrogen-bond donors (Lipinski definition) is 1. The summed E-state index contributed by atoms with van der Waals surface area (Å²) < 4.78 is 32.8. The molecule has 1 aliphatic rings. The molecule has 6 nitrogen and oxygen atoms in total. The molecule has 0 aromatic heterocycles. The van der Waals surface area contributed by atoms with Gasteiger partial charge in [-0.25, -0.2) is 8.42 Å². The smallest absolute Gasteiger partial charge is 0.243 e. The zero-order chi connectivity index (χ0) is 20.3. The highest BCUT2D eigenvalue weighted by molar-refractivity contribution is 7.89. The number of rotatable bonds is 5. The van der Waals surface area contributed by atoms with Crippen LogP contribution in [0.2, 0.25) is 0 Å². The van der Waals surface area contributed by atoms with Gasteiger partial charge in [-0.1, -0.05) is 12.1 Å². The van der Waals surface area contributed by atoms with Crippen molar-refractivity contribution in [2.45, 2.75) is 31.6 Å². The third kappa shape index (κ3) is 4.36. The van der Waals surface area contributed by atoms with Crippen LogP contribution < -0.4 is 10.1 Å². The van der Waals surface area contributed by atoms with Gasteiger partial charge in [0.25, 0.3) is 0 Å². The Labute approximate surface area is 166 Å². The first-order chi connectivity index (χ1) is 13.3. The second-order valence-corrected chi connectivity index (χ2v) is 9.13. The molecule has 0 unspecified atom stereocenters. The summed E-state index contributed by atoms with van der Waals surface area (Å²) in [5.74, 6) is 0.132. The molecule has 28 heavy (non-hydrogen) atoms. The Balaban J connectivity index is 1.74. The van der Waals surface area contributed by atoms with Crippen molar-refractivity contribution in [1.29, 1.82) is 0 Å². The fourth-order valence-corrected chi connectivity index (χ4v) is 5.11. The molecule has 7 heteroatoms. The van der Waals surface area contributed by atoms with Crippen molar-refractivity contribution in [2.24, 2.45) is 5.92 Å². The van der Waals surface area contributed by atoms with E-state index in [2.05, 4.69) is 5.32 Å². The summed E-state index contributed by atoms with van der Waals surface area (Å²) >= 11 is 0. The molecule has 1 fully saturated rings. The van der Waals surface area contributed by atoms with Gasteiger partial charge in [0.15, 0.2) is 0 Å². The SMILES string of the molecule is COc1ccc(S(=O)(=O)N2CCC[C@H](C(=O)Nc3cccc(C)c3)C2)cc1C. The summed E-state index contributed by atoms with van der Waals surface area (Å²) in [6.07, 6.45) is 1.32. The van der Waals surface area contributed by atoms with E-state index in [0.29, 0.717) is 25.1 Å². The van der Waals surface area contributed by atoms with Crippen LogP contribution >= 0.6 is 0 Å². The van der Waals surface area contributed by atoms with Crippen molar-refractivity contribution in [3.63, 3.8) is 0 Å². The quantitative estimate of drug-likeness (QED) is 0.832. The van der Waals surface area contributed by atoms with Gasteiger partial charge < -0.3 is 10.1 Å². The maximum atomic E-state index is 13.1. The van der Waals surface area contributed by atoms with Gasteiger partial charge in [-0.15, -0.1) is 0 Å². The first-order valence-corrected chi connectivity index (χ1v) is 10.8. The Kier molecular flexibility index (Phi) is 6.05. The van der Waals surface area contributed by atoms with E-state index in [-0.39, 0.29) is 23.3 Å². The van der Waals surface area contributed by atoms with E-state index in [0.717, 1.165) is 16.8 Å². The molecule has 0 spiro atoms. The highest BCUT2D eigenvalue weighted by Gasteiger charge is 2.33. The minimum Gasteiger partial charge on any atom is -0.496 e. The monoisotopic (exact) mass is 402 g/mol. The first-order valence-electron chi connectivity index (χ1n) is 9.33. The number of sulfonamides is 1. The van der Waals surface area contributed by atoms with E-state index in [1.807, 2.05) is 38.1 Å². The number of ether oxygens (including phenoxy) is 1. The maximum Gasteiger partial charge on any atom is 0.243 e. The number of benzene rings is 2. The minimum atomic E-state index is -3.66. The molecule has 2 aromatic rings. The van der Waals surface area contributed by atoms with Crippen LogP contribution in [0.4, 0.5) is 5.69 Å². The lowest BCUT2D eigenvalue weighted by molar-refractivity contribution is -0.120. The summed E-state index contributed by atoms with van der Waals surface area (Å²) in [6, 6.07) is 12.4. The summed E-state index contributed by atoms with van der Waals surface area (Å²) in [6.45, 7) is 4.38. The Morgan fingerprint density at radius 2 is 1.96 bits per heavy atom. The van der Waals surface area contributed by atoms with Crippen molar-refractivity contribution < 1.29 is 17.9 Å². The number of nitrogens with one attached hydrogen (secondary N) is 1. The van der Waals surface area contributed by atoms with Gasteiger partial charge in [-0.05, 0) is 68.1 Å². The standard InChI is InChI=1S/C21H26N2O4S/c1-15-6-4-8-18(12-15)22-21(24)17-7-5-11-23(14-17)28(25,26)19-9-10-20(27-3)16(2)13-19/h4,6,8-10,12-13,17H,5,7,11,14H2,1-3H3,(H,22,24)/t17-/m0/s1. The second kappa shape index (κ2) is 8.32. The molecule has 3 rings (SSSR count). The third-order valence-electron chi connectivity index (χ3n) is 5.04. The number of carbonyl (C=O) groups excluding carboxylic acids is 1. The van der Waals surface area contributed by atoms with Crippen molar-refractivity contribution in [3.05, 3.63) is 53.6 Å². The number of anilines is 1. The predicted molar refractivity (Wildman–Crippen MR) is 109 cm³/mol. The Hall–Kier alpha value is -2.38. The van der Waals surface area contributed by atoms with E-state index in [9.17, 15) is 13.2 Å². The van der Waals surface area contributed by atoms with Crippen molar-refractivity contribution >= 4 is 21.6 Å². The van der Waals surface area contributed by atoms with Gasteiger partial charge in [0.05, 0.1) is 17.9 Å². The van der Waals surface area contributed by atoms with Crippen LogP contribution in [-0.4, -0.2) is 38.8 Å². The van der Waals surface area contributed by atoms with Gasteiger partial charge in [-0.3, -0.25) is 4.79 Å². The lowest BCUT2D eigenvalue weighted by Gasteiger charge is -2.31. The van der Waals surface area contributed by atoms with Crippen LogP contribution in [0.5, 0.6) is 5.75 Å². The van der Waals surface area contributed by atoms with Crippen LogP contribution in [-0.2, 0) is 14.8 Å². The Bertz CT molecular complexity index is 972. The average Bonchev–Trinajstić information content (AvgIpc) is 2.68. The fraction of sp³-hybridized carbons (Fsp3) is 0.381. The first kappa shape index (κ1) is 20.4. The topological polar surface area (TPSA) is 75.7 Å². The molecule has 0 bridgehead atoms. The number of piperidine rings is 1. The number of hydrogen-bond acceptors (Lipinski definition) is 4. The maximum absolute atomic E-state index is 13.1. The molecule has 150 valence electrons. The largest absolute Gasteiger partial charge is 0.496 e. The van der Waals surface area contributed by atoms with Crippen LogP contribution in [0.3, 0.4) is 0 Å². The number of aryl methyl sites for hydroxylation is 2. The molecular formula is C21H26N2O4S. The van der Waals surface area contributed by atoms with Crippen molar-refractivity contribution in [3.8, 4) is 5.75 Å². The summed E-state index contributed by atoms with van der Waals surface area (Å²) in [5.41, 5.74) is 2.55. The number of methoxy groups -OCH3 is 1. The number of nitrogens with zero attached hydrogens (tertiary/aromatic N) is 1. The van der Waals surface area contributed by atoms with Crippen LogP contribution in [0.1, 0.15) is 24.0 Å². The van der Waals surface area contributed by atoms with E-state index < -0.39 is 10.0 Å². The van der Waals surface area contributed by atoms with Gasteiger partial charge in [0, 0.05) is 18.8 Å². The van der Waals surface area contributed by atoms with Crippen molar-refractivity contribution in [2.75, 3.05) is 25.5 Å². The highest BCUT2D eigenvalue weighted by Crippen LogP contribution is 2.27. The Morgan fingerprint density at radius 1 is 1.18 bits per heavy atom. The number of amides is 1. The van der Waals surface area contributed by atoms with Crippen molar-refractivity contribution in [1.82, 2.24) is 4.31 Å². The number of carbonyl (C=O) groups is 1. The Morgan fingerprint density at radius 3 is 2.64 bits per heavy atom. The lowest BCUT2D eigenvalue weighted by Crippen LogP contribution is -2.43. The van der Waals surface area contributed by atoms with Crippen LogP contribution in [0.25, 0.3) is 0 Å². The van der Waals surface area contributed by atoms with Crippen LogP contribution in [0.15, 0.2) is 47.4 Å². The minimum absolute atomic E-state index is 0.142. The molecule has 1 saturated heterocycles. The molecule has 1 amide bonds. The lowest BCUT2D eigenvalue weighted by atomic mass is 9.98. The van der Waals surface area contributed by atoms with Gasteiger partial charge in [-0.2, -0.15) is 4.31 Å². The molecule has 0 saturated carbocycles. The highest BCUT2D eigenvalue weighted by atomic mass is 32.2. The summed E-state index contributed by atoms with van der Waals surface area (Å²) in [4.78, 5) is 12.9. The third-order valence-corrected chi connectivity index (χ3v) is 6.91. The molecular weight excluding hydrogens is 376 g/mol. The summed E-state index contributed by atoms with van der Waals surface area (Å²) in [7, 11) is -2.10. The normalized spacial score (nSPS) is 17.9. The molecule has 2 aromatic carbocycles. The van der Waals surface area contributed by atoms with Gasteiger partial charge in [0.1, 0.15) is 5.75 Å². The zero-order valence-corrected chi connectivity index (χ0v) is 17.3. The molecule has 0 radical (unpaired) electrons. The second-order valence-electron chi connectivity index (χ2n) is 7.19. The molecule has 0 aliphatic carbocycles. The molecule has 1 N–H and O–H groups in total. The molecule has 1 aliphatic heterocycles.